The van der Waals surface area contributed by atoms with Gasteiger partial charge in [0.05, 0.1) is 0 Å². The van der Waals surface area contributed by atoms with Crippen molar-refractivity contribution >= 4 is 0 Å². The number of nitrogens with zero attached hydrogens (tertiary/aromatic N) is 2. The van der Waals surface area contributed by atoms with Crippen molar-refractivity contribution in [1.29, 1.82) is 10.5 Å². The van der Waals surface area contributed by atoms with Crippen molar-refractivity contribution in [3.63, 3.8) is 0 Å². The molecule has 0 bridgehead atoms. The molecule has 2 aromatic carbocycles. The summed E-state index contributed by atoms with van der Waals surface area (Å²) < 4.78 is 16.9. The van der Waals surface area contributed by atoms with Gasteiger partial charge in [0, 0.05) is 0 Å². The zero-order valence-electron chi connectivity index (χ0n) is 21.8. The molecule has 0 amide bonds. The summed E-state index contributed by atoms with van der Waals surface area (Å²) in [6, 6.07) is 19.4. The Morgan fingerprint density at radius 1 is 0.730 bits per heavy atom. The van der Waals surface area contributed by atoms with E-state index in [2.05, 4.69) is 50.3 Å². The van der Waals surface area contributed by atoms with E-state index in [0.29, 0.717) is 22.6 Å². The summed E-state index contributed by atoms with van der Waals surface area (Å²) >= 11 is -4.37. The second kappa shape index (κ2) is 12.9. The van der Waals surface area contributed by atoms with E-state index in [1.165, 1.54) is 17.7 Å². The van der Waals surface area contributed by atoms with Crippen LogP contribution >= 0.6 is 0 Å². The second-order valence-electron chi connectivity index (χ2n) is 9.53. The molecular formula is C32H34N2O2Zr. The van der Waals surface area contributed by atoms with Crippen molar-refractivity contribution in [1.82, 2.24) is 0 Å². The molecule has 0 atom stereocenters. The number of unbranched alkanes of at least 4 members (excludes halogenated alkanes) is 2. The molecule has 188 valence electrons. The van der Waals surface area contributed by atoms with Crippen LogP contribution in [-0.4, -0.2) is 0 Å². The SMILES string of the molecule is CCCCC1=[C]([Zr]([O]c2cccc(C#N)c2)([O]c2cccc(C#N)c2)[C]2=C(CCCC)C=CC2)CC=C1. The summed E-state index contributed by atoms with van der Waals surface area (Å²) in [5.74, 6) is 1.35. The standard InChI is InChI=1S/2C9H13.2C7H5NO.Zr/c2*1-2-3-6-9-7-4-5-8-9;2*8-5-6-2-1-3-7(9)4-6;/h2*4,7H,2-3,5-6H2,1H3;2*1-4,9H;/q;;;;+2/p-2. The van der Waals surface area contributed by atoms with E-state index >= 15 is 0 Å². The Hall–Kier alpha value is -3.14. The van der Waals surface area contributed by atoms with Gasteiger partial charge in [-0.15, -0.1) is 0 Å². The fourth-order valence-corrected chi connectivity index (χ4v) is 14.5. The summed E-state index contributed by atoms with van der Waals surface area (Å²) in [6.07, 6.45) is 17.1. The maximum atomic E-state index is 9.57. The van der Waals surface area contributed by atoms with E-state index in [9.17, 15) is 10.5 Å². The van der Waals surface area contributed by atoms with E-state index in [1.807, 2.05) is 36.4 Å². The number of rotatable bonds is 12. The Balaban J connectivity index is 1.94. The second-order valence-corrected chi connectivity index (χ2v) is 16.5. The van der Waals surface area contributed by atoms with Crippen molar-refractivity contribution in [2.24, 2.45) is 0 Å². The monoisotopic (exact) mass is 568 g/mol. The zero-order valence-corrected chi connectivity index (χ0v) is 24.3. The van der Waals surface area contributed by atoms with E-state index in [1.54, 1.807) is 12.1 Å². The van der Waals surface area contributed by atoms with Crippen LogP contribution in [0.4, 0.5) is 0 Å². The molecule has 2 aliphatic rings. The quantitative estimate of drug-likeness (QED) is 0.256. The molecule has 37 heavy (non-hydrogen) atoms. The third-order valence-electron chi connectivity index (χ3n) is 6.90. The van der Waals surface area contributed by atoms with Crippen molar-refractivity contribution in [2.45, 2.75) is 65.2 Å². The van der Waals surface area contributed by atoms with Crippen molar-refractivity contribution in [3.05, 3.63) is 102 Å². The van der Waals surface area contributed by atoms with Gasteiger partial charge in [-0.2, -0.15) is 0 Å². The Morgan fingerprint density at radius 2 is 1.19 bits per heavy atom. The van der Waals surface area contributed by atoms with Gasteiger partial charge in [0.2, 0.25) is 0 Å². The van der Waals surface area contributed by atoms with Gasteiger partial charge >= 0.3 is 228 Å². The van der Waals surface area contributed by atoms with Crippen molar-refractivity contribution < 1.29 is 26.8 Å². The molecule has 0 aromatic heterocycles. The first-order valence-electron chi connectivity index (χ1n) is 13.3. The predicted octanol–water partition coefficient (Wildman–Crippen LogP) is 8.68. The molecule has 0 spiro atoms. The van der Waals surface area contributed by atoms with Crippen LogP contribution in [0.3, 0.4) is 0 Å². The molecule has 2 aromatic rings. The van der Waals surface area contributed by atoms with Gasteiger partial charge in [-0.25, -0.2) is 0 Å². The number of nitriles is 2. The third-order valence-corrected chi connectivity index (χ3v) is 16.0. The van der Waals surface area contributed by atoms with Gasteiger partial charge in [0.1, 0.15) is 0 Å². The maximum absolute atomic E-state index is 9.57. The van der Waals surface area contributed by atoms with Gasteiger partial charge in [-0.3, -0.25) is 0 Å². The molecule has 0 radical (unpaired) electrons. The fraction of sp³-hybridized carbons (Fsp3) is 0.312. The van der Waals surface area contributed by atoms with Crippen LogP contribution in [0.25, 0.3) is 0 Å². The summed E-state index contributed by atoms with van der Waals surface area (Å²) in [7, 11) is 0. The van der Waals surface area contributed by atoms with Crippen LogP contribution < -0.4 is 5.63 Å². The Kier molecular flexibility index (Phi) is 9.38. The molecular weight excluding hydrogens is 536 g/mol. The summed E-state index contributed by atoms with van der Waals surface area (Å²) in [6.45, 7) is 4.44. The normalized spacial score (nSPS) is 14.7. The summed E-state index contributed by atoms with van der Waals surface area (Å²) in [5.41, 5.74) is 3.80. The number of benzene rings is 2. The first-order valence-corrected chi connectivity index (χ1v) is 17.8. The Morgan fingerprint density at radius 3 is 1.59 bits per heavy atom. The minimum absolute atomic E-state index is 0.568. The average molecular weight is 570 g/mol. The van der Waals surface area contributed by atoms with Gasteiger partial charge in [-0.05, 0) is 0 Å². The van der Waals surface area contributed by atoms with E-state index in [4.69, 9.17) is 5.63 Å². The Labute approximate surface area is 226 Å². The first-order chi connectivity index (χ1) is 18.1. The van der Waals surface area contributed by atoms with Crippen molar-refractivity contribution in [2.75, 3.05) is 0 Å². The molecule has 0 N–H and O–H groups in total. The number of allylic oxidation sites excluding steroid dienone is 8. The van der Waals surface area contributed by atoms with Crippen LogP contribution in [0.5, 0.6) is 11.5 Å². The van der Waals surface area contributed by atoms with Crippen LogP contribution in [0.1, 0.15) is 76.3 Å². The molecule has 0 fully saturated rings. The molecule has 0 saturated heterocycles. The number of hydrogen-bond acceptors (Lipinski definition) is 4. The molecule has 0 heterocycles. The van der Waals surface area contributed by atoms with Gasteiger partial charge in [0.15, 0.2) is 0 Å². The van der Waals surface area contributed by atoms with Crippen molar-refractivity contribution in [3.8, 4) is 23.6 Å². The van der Waals surface area contributed by atoms with Gasteiger partial charge < -0.3 is 0 Å². The molecule has 0 aliphatic heterocycles. The van der Waals surface area contributed by atoms with Crippen LogP contribution in [0.15, 0.2) is 90.5 Å². The number of hydrogen-bond donors (Lipinski definition) is 0. The Bertz CT molecular complexity index is 1230. The molecule has 0 unspecified atom stereocenters. The molecule has 5 heteroatoms. The molecule has 4 rings (SSSR count). The van der Waals surface area contributed by atoms with E-state index < -0.39 is 21.1 Å². The topological polar surface area (TPSA) is 66.0 Å². The average Bonchev–Trinajstić information content (AvgIpc) is 3.61. The summed E-state index contributed by atoms with van der Waals surface area (Å²) in [4.78, 5) is 0. The van der Waals surface area contributed by atoms with Gasteiger partial charge in [-0.1, -0.05) is 0 Å². The van der Waals surface area contributed by atoms with E-state index in [0.717, 1.165) is 51.4 Å². The molecule has 4 nitrogen and oxygen atoms in total. The van der Waals surface area contributed by atoms with Crippen LogP contribution in [0, 0.1) is 22.7 Å². The third kappa shape index (κ3) is 6.23. The molecule has 0 saturated carbocycles. The van der Waals surface area contributed by atoms with Crippen LogP contribution in [0.2, 0.25) is 0 Å². The van der Waals surface area contributed by atoms with Gasteiger partial charge in [0.25, 0.3) is 0 Å². The fourth-order valence-electron chi connectivity index (χ4n) is 5.04. The first kappa shape index (κ1) is 26.9. The molecule has 2 aliphatic carbocycles. The predicted molar refractivity (Wildman–Crippen MR) is 144 cm³/mol. The minimum atomic E-state index is -4.37. The van der Waals surface area contributed by atoms with E-state index in [-0.39, 0.29) is 0 Å². The van der Waals surface area contributed by atoms with Crippen LogP contribution in [-0.2, 0) is 21.1 Å². The zero-order chi connectivity index (χ0) is 26.1. The summed E-state index contributed by atoms with van der Waals surface area (Å²) in [5, 5.41) is 19.1.